The fourth-order valence-corrected chi connectivity index (χ4v) is 0.842. The van der Waals surface area contributed by atoms with Crippen LogP contribution >= 0.6 is 23.2 Å². The largest absolute Gasteiger partial charge is 0.309 e. The minimum Gasteiger partial charge on any atom is -0.309 e. The first-order valence-corrected chi connectivity index (χ1v) is 4.47. The van der Waals surface area contributed by atoms with Crippen LogP contribution in [0.3, 0.4) is 0 Å². The minimum atomic E-state index is -0.572. The maximum atomic E-state index is 11.1. The predicted octanol–water partition coefficient (Wildman–Crippen LogP) is 2.30. The maximum absolute atomic E-state index is 11.1. The molecule has 0 bridgehead atoms. The average Bonchev–Trinajstić information content (AvgIpc) is 2.08. The van der Waals surface area contributed by atoms with E-state index in [0.717, 1.165) is 0 Å². The molecule has 0 aliphatic heterocycles. The molecule has 1 rings (SSSR count). The summed E-state index contributed by atoms with van der Waals surface area (Å²) in [5.74, 6) is 0.165. The Balaban J connectivity index is 2.65. The first-order chi connectivity index (χ1) is 6.09. The standard InChI is InChI=1S/C8H8Cl2N2O/c1-5(9)8(13)12-7-3-2-6(10)4-11-7/h2-5H,1H3,(H,11,12,13). The molecule has 1 N–H and O–H groups in total. The number of aromatic nitrogens is 1. The van der Waals surface area contributed by atoms with Crippen LogP contribution in [0.4, 0.5) is 5.82 Å². The molecule has 1 amide bonds. The normalized spacial score (nSPS) is 12.2. The van der Waals surface area contributed by atoms with Crippen molar-refractivity contribution in [3.8, 4) is 0 Å². The lowest BCUT2D eigenvalue weighted by molar-refractivity contribution is -0.115. The zero-order valence-corrected chi connectivity index (χ0v) is 8.43. The van der Waals surface area contributed by atoms with E-state index in [0.29, 0.717) is 10.8 Å². The van der Waals surface area contributed by atoms with Crippen LogP contribution in [0.25, 0.3) is 0 Å². The summed E-state index contributed by atoms with van der Waals surface area (Å²) in [5, 5.41) is 2.48. The topological polar surface area (TPSA) is 42.0 Å². The Hall–Kier alpha value is -0.800. The monoisotopic (exact) mass is 218 g/mol. The van der Waals surface area contributed by atoms with Crippen molar-refractivity contribution in [2.75, 3.05) is 5.32 Å². The van der Waals surface area contributed by atoms with Crippen molar-refractivity contribution >= 4 is 34.9 Å². The van der Waals surface area contributed by atoms with Crippen LogP contribution in [0, 0.1) is 0 Å². The molecule has 0 aliphatic rings. The van der Waals surface area contributed by atoms with Crippen molar-refractivity contribution in [3.05, 3.63) is 23.4 Å². The van der Waals surface area contributed by atoms with Gasteiger partial charge in [-0.25, -0.2) is 4.98 Å². The second-order valence-electron chi connectivity index (χ2n) is 2.47. The fourth-order valence-electron chi connectivity index (χ4n) is 0.675. The summed E-state index contributed by atoms with van der Waals surface area (Å²) in [6, 6.07) is 3.25. The fraction of sp³-hybridized carbons (Fsp3) is 0.250. The quantitative estimate of drug-likeness (QED) is 0.775. The number of nitrogens with zero attached hydrogens (tertiary/aromatic N) is 1. The van der Waals surface area contributed by atoms with Gasteiger partial charge in [0.2, 0.25) is 5.91 Å². The molecule has 1 atom stereocenters. The van der Waals surface area contributed by atoms with E-state index in [-0.39, 0.29) is 5.91 Å². The summed E-state index contributed by atoms with van der Waals surface area (Å²) in [5.41, 5.74) is 0. The Morgan fingerprint density at radius 1 is 1.62 bits per heavy atom. The Morgan fingerprint density at radius 3 is 2.77 bits per heavy atom. The van der Waals surface area contributed by atoms with Gasteiger partial charge in [-0.1, -0.05) is 11.6 Å². The van der Waals surface area contributed by atoms with Crippen LogP contribution in [-0.4, -0.2) is 16.3 Å². The summed E-state index contributed by atoms with van der Waals surface area (Å²) in [6.45, 7) is 1.59. The second kappa shape index (κ2) is 4.44. The number of nitrogens with one attached hydrogen (secondary N) is 1. The van der Waals surface area contributed by atoms with E-state index in [9.17, 15) is 4.79 Å². The Bertz CT molecular complexity index is 298. The molecule has 13 heavy (non-hydrogen) atoms. The lowest BCUT2D eigenvalue weighted by Gasteiger charge is -2.04. The first-order valence-electron chi connectivity index (χ1n) is 3.66. The van der Waals surface area contributed by atoms with Gasteiger partial charge in [-0.3, -0.25) is 4.79 Å². The van der Waals surface area contributed by atoms with E-state index in [2.05, 4.69) is 10.3 Å². The Labute approximate surface area is 86.1 Å². The highest BCUT2D eigenvalue weighted by Crippen LogP contribution is 2.10. The van der Waals surface area contributed by atoms with E-state index in [1.54, 1.807) is 19.1 Å². The summed E-state index contributed by atoms with van der Waals surface area (Å²) >= 11 is 11.2. The van der Waals surface area contributed by atoms with E-state index in [4.69, 9.17) is 23.2 Å². The van der Waals surface area contributed by atoms with Crippen molar-refractivity contribution in [2.45, 2.75) is 12.3 Å². The van der Waals surface area contributed by atoms with Gasteiger partial charge in [-0.05, 0) is 19.1 Å². The Kier molecular flexibility index (Phi) is 3.51. The lowest BCUT2D eigenvalue weighted by Crippen LogP contribution is -2.20. The molecule has 0 saturated heterocycles. The van der Waals surface area contributed by atoms with Crippen molar-refractivity contribution in [2.24, 2.45) is 0 Å². The van der Waals surface area contributed by atoms with Gasteiger partial charge in [0.1, 0.15) is 11.2 Å². The lowest BCUT2D eigenvalue weighted by atomic mass is 10.4. The summed E-state index contributed by atoms with van der Waals surface area (Å²) < 4.78 is 0. The molecule has 0 fully saturated rings. The Morgan fingerprint density at radius 2 is 2.31 bits per heavy atom. The molecular weight excluding hydrogens is 211 g/mol. The highest BCUT2D eigenvalue weighted by Gasteiger charge is 2.08. The van der Waals surface area contributed by atoms with Gasteiger partial charge >= 0.3 is 0 Å². The van der Waals surface area contributed by atoms with Gasteiger partial charge in [0.05, 0.1) is 5.02 Å². The molecule has 1 aromatic rings. The molecular formula is C8H8Cl2N2O. The van der Waals surface area contributed by atoms with E-state index >= 15 is 0 Å². The molecule has 0 spiro atoms. The molecule has 3 nitrogen and oxygen atoms in total. The predicted molar refractivity (Wildman–Crippen MR) is 53.2 cm³/mol. The molecule has 0 saturated carbocycles. The van der Waals surface area contributed by atoms with Crippen LogP contribution in [-0.2, 0) is 4.79 Å². The number of hydrogen-bond acceptors (Lipinski definition) is 2. The third kappa shape index (κ3) is 3.20. The molecule has 0 radical (unpaired) electrons. The summed E-state index contributed by atoms with van der Waals surface area (Å²) in [4.78, 5) is 15.0. The number of pyridine rings is 1. The van der Waals surface area contributed by atoms with Crippen molar-refractivity contribution in [1.29, 1.82) is 0 Å². The molecule has 0 aliphatic carbocycles. The minimum absolute atomic E-state index is 0.281. The van der Waals surface area contributed by atoms with Crippen LogP contribution < -0.4 is 5.32 Å². The molecule has 1 unspecified atom stereocenters. The number of carbonyl (C=O) groups excluding carboxylic acids is 1. The molecule has 1 aromatic heterocycles. The van der Waals surface area contributed by atoms with Gasteiger partial charge in [0, 0.05) is 6.20 Å². The summed E-state index contributed by atoms with van der Waals surface area (Å²) in [7, 11) is 0. The third-order valence-corrected chi connectivity index (χ3v) is 1.76. The van der Waals surface area contributed by atoms with Gasteiger partial charge in [0.15, 0.2) is 0 Å². The van der Waals surface area contributed by atoms with Crippen LogP contribution in [0.15, 0.2) is 18.3 Å². The molecule has 5 heteroatoms. The SMILES string of the molecule is CC(Cl)C(=O)Nc1ccc(Cl)cn1. The number of halogens is 2. The van der Waals surface area contributed by atoms with Gasteiger partial charge in [-0.15, -0.1) is 11.6 Å². The van der Waals surface area contributed by atoms with Gasteiger partial charge < -0.3 is 5.32 Å². The average molecular weight is 219 g/mol. The van der Waals surface area contributed by atoms with Gasteiger partial charge in [0.25, 0.3) is 0 Å². The van der Waals surface area contributed by atoms with Crippen molar-refractivity contribution < 1.29 is 4.79 Å². The number of hydrogen-bond donors (Lipinski definition) is 1. The maximum Gasteiger partial charge on any atom is 0.243 e. The smallest absolute Gasteiger partial charge is 0.243 e. The van der Waals surface area contributed by atoms with Crippen molar-refractivity contribution in [3.63, 3.8) is 0 Å². The molecule has 1 heterocycles. The number of amides is 1. The third-order valence-electron chi connectivity index (χ3n) is 1.34. The number of anilines is 1. The highest BCUT2D eigenvalue weighted by molar-refractivity contribution is 6.32. The van der Waals surface area contributed by atoms with Crippen LogP contribution in [0.1, 0.15) is 6.92 Å². The number of alkyl halides is 1. The zero-order valence-electron chi connectivity index (χ0n) is 6.92. The molecule has 0 aromatic carbocycles. The van der Waals surface area contributed by atoms with Gasteiger partial charge in [-0.2, -0.15) is 0 Å². The summed E-state index contributed by atoms with van der Waals surface area (Å²) in [6.07, 6.45) is 1.45. The molecule has 70 valence electrons. The number of rotatable bonds is 2. The number of carbonyl (C=O) groups is 1. The van der Waals surface area contributed by atoms with E-state index in [1.165, 1.54) is 6.20 Å². The van der Waals surface area contributed by atoms with E-state index < -0.39 is 5.38 Å². The second-order valence-corrected chi connectivity index (χ2v) is 3.56. The van der Waals surface area contributed by atoms with Crippen LogP contribution in [0.2, 0.25) is 5.02 Å². The van der Waals surface area contributed by atoms with E-state index in [1.807, 2.05) is 0 Å². The first kappa shape index (κ1) is 10.3. The van der Waals surface area contributed by atoms with Crippen LogP contribution in [0.5, 0.6) is 0 Å². The highest BCUT2D eigenvalue weighted by atomic mass is 35.5. The van der Waals surface area contributed by atoms with Crippen molar-refractivity contribution in [1.82, 2.24) is 4.98 Å². The zero-order chi connectivity index (χ0) is 9.84.